The first-order chi connectivity index (χ1) is 10.5. The summed E-state index contributed by atoms with van der Waals surface area (Å²) < 4.78 is 7.03. The first kappa shape index (κ1) is 15.8. The number of methoxy groups -OCH3 is 1. The Kier molecular flexibility index (Phi) is 4.67. The van der Waals surface area contributed by atoms with E-state index in [-0.39, 0.29) is 18.0 Å². The molecule has 22 heavy (non-hydrogen) atoms. The van der Waals surface area contributed by atoms with Gasteiger partial charge in [-0.05, 0) is 56.2 Å². The molecule has 0 saturated carbocycles. The minimum absolute atomic E-state index is 0.0172. The molecule has 0 amide bonds. The van der Waals surface area contributed by atoms with Crippen LogP contribution in [0.2, 0.25) is 0 Å². The van der Waals surface area contributed by atoms with Crippen molar-refractivity contribution in [2.24, 2.45) is 0 Å². The molecule has 0 saturated heterocycles. The van der Waals surface area contributed by atoms with Crippen LogP contribution in [0, 0.1) is 18.3 Å². The molecule has 1 aromatic heterocycles. The van der Waals surface area contributed by atoms with E-state index in [0.29, 0.717) is 5.56 Å². The lowest BCUT2D eigenvalue weighted by molar-refractivity contribution is 0.412. The Morgan fingerprint density at radius 1 is 1.27 bits per heavy atom. The maximum absolute atomic E-state index is 12.6. The van der Waals surface area contributed by atoms with Crippen molar-refractivity contribution in [2.75, 3.05) is 7.11 Å². The zero-order chi connectivity index (χ0) is 16.3. The normalized spacial score (nSPS) is 10.5. The lowest BCUT2D eigenvalue weighted by atomic mass is 10.0. The highest BCUT2D eigenvalue weighted by Crippen LogP contribution is 2.27. The van der Waals surface area contributed by atoms with E-state index >= 15 is 0 Å². The highest BCUT2D eigenvalue weighted by atomic mass is 16.5. The molecule has 0 radical (unpaired) electrons. The van der Waals surface area contributed by atoms with Crippen LogP contribution in [0.5, 0.6) is 5.75 Å². The number of ether oxygens (including phenoxy) is 1. The van der Waals surface area contributed by atoms with Gasteiger partial charge in [0.1, 0.15) is 5.75 Å². The molecular formula is C18H20N2O2. The third-order valence-corrected chi connectivity index (χ3v) is 3.67. The van der Waals surface area contributed by atoms with Crippen molar-refractivity contribution in [3.8, 4) is 23.1 Å². The SMILES string of the molecule is COc1ccc(-c2ccc(CC#N)c(=O)n2C(C)C)cc1C. The van der Waals surface area contributed by atoms with E-state index in [1.165, 1.54) is 0 Å². The summed E-state index contributed by atoms with van der Waals surface area (Å²) in [6.07, 6.45) is 0.132. The van der Waals surface area contributed by atoms with Gasteiger partial charge in [0.05, 0.1) is 25.3 Å². The van der Waals surface area contributed by atoms with Gasteiger partial charge in [0.15, 0.2) is 0 Å². The van der Waals surface area contributed by atoms with Gasteiger partial charge in [-0.3, -0.25) is 4.79 Å². The number of rotatable bonds is 4. The fourth-order valence-electron chi connectivity index (χ4n) is 2.60. The largest absolute Gasteiger partial charge is 0.496 e. The topological polar surface area (TPSA) is 55.0 Å². The molecule has 0 fully saturated rings. The first-order valence-electron chi connectivity index (χ1n) is 7.26. The monoisotopic (exact) mass is 296 g/mol. The zero-order valence-corrected chi connectivity index (χ0v) is 13.4. The Balaban J connectivity index is 2.65. The fraction of sp³-hybridized carbons (Fsp3) is 0.333. The van der Waals surface area contributed by atoms with Gasteiger partial charge >= 0.3 is 0 Å². The van der Waals surface area contributed by atoms with Crippen molar-refractivity contribution >= 4 is 0 Å². The third-order valence-electron chi connectivity index (χ3n) is 3.67. The summed E-state index contributed by atoms with van der Waals surface area (Å²) in [5.41, 5.74) is 3.27. The smallest absolute Gasteiger partial charge is 0.255 e. The maximum Gasteiger partial charge on any atom is 0.255 e. The summed E-state index contributed by atoms with van der Waals surface area (Å²) in [6, 6.07) is 11.6. The van der Waals surface area contributed by atoms with Crippen LogP contribution < -0.4 is 10.3 Å². The molecule has 0 N–H and O–H groups in total. The Labute approximate surface area is 130 Å². The summed E-state index contributed by atoms with van der Waals surface area (Å²) in [4.78, 5) is 12.6. The summed E-state index contributed by atoms with van der Waals surface area (Å²) in [6.45, 7) is 5.92. The van der Waals surface area contributed by atoms with E-state index in [1.54, 1.807) is 17.7 Å². The van der Waals surface area contributed by atoms with Crippen LogP contribution in [0.25, 0.3) is 11.3 Å². The van der Waals surface area contributed by atoms with Gasteiger partial charge in [0, 0.05) is 11.6 Å². The molecule has 0 atom stereocenters. The molecule has 0 unspecified atom stereocenters. The van der Waals surface area contributed by atoms with Gasteiger partial charge < -0.3 is 9.30 Å². The van der Waals surface area contributed by atoms with Crippen LogP contribution in [-0.4, -0.2) is 11.7 Å². The zero-order valence-electron chi connectivity index (χ0n) is 13.4. The molecule has 4 nitrogen and oxygen atoms in total. The molecule has 2 aromatic rings. The van der Waals surface area contributed by atoms with E-state index in [1.807, 2.05) is 51.1 Å². The Hall–Kier alpha value is -2.54. The van der Waals surface area contributed by atoms with Crippen LogP contribution >= 0.6 is 0 Å². The van der Waals surface area contributed by atoms with Crippen LogP contribution in [0.3, 0.4) is 0 Å². The second-order valence-electron chi connectivity index (χ2n) is 5.53. The highest BCUT2D eigenvalue weighted by Gasteiger charge is 2.13. The summed E-state index contributed by atoms with van der Waals surface area (Å²) in [5.74, 6) is 0.822. The van der Waals surface area contributed by atoms with Crippen molar-refractivity contribution in [3.05, 3.63) is 51.8 Å². The molecule has 0 aliphatic rings. The van der Waals surface area contributed by atoms with Crippen LogP contribution in [-0.2, 0) is 6.42 Å². The van der Waals surface area contributed by atoms with Crippen molar-refractivity contribution < 1.29 is 4.74 Å². The molecule has 1 heterocycles. The molecule has 0 aliphatic carbocycles. The second kappa shape index (κ2) is 6.48. The Morgan fingerprint density at radius 2 is 2.00 bits per heavy atom. The van der Waals surface area contributed by atoms with E-state index in [2.05, 4.69) is 0 Å². The summed E-state index contributed by atoms with van der Waals surface area (Å²) >= 11 is 0. The molecule has 0 aliphatic heterocycles. The predicted octanol–water partition coefficient (Wildman–Crippen LogP) is 3.48. The van der Waals surface area contributed by atoms with E-state index in [0.717, 1.165) is 22.6 Å². The molecule has 4 heteroatoms. The Bertz CT molecular complexity index is 783. The molecule has 0 spiro atoms. The number of aromatic nitrogens is 1. The van der Waals surface area contributed by atoms with Gasteiger partial charge in [-0.2, -0.15) is 5.26 Å². The van der Waals surface area contributed by atoms with Crippen molar-refractivity contribution in [1.29, 1.82) is 5.26 Å². The molecule has 2 rings (SSSR count). The number of hydrogen-bond acceptors (Lipinski definition) is 3. The van der Waals surface area contributed by atoms with Gasteiger partial charge in [0.2, 0.25) is 0 Å². The average Bonchev–Trinajstić information content (AvgIpc) is 2.48. The first-order valence-corrected chi connectivity index (χ1v) is 7.26. The fourth-order valence-corrected chi connectivity index (χ4v) is 2.60. The molecule has 0 bridgehead atoms. The number of pyridine rings is 1. The van der Waals surface area contributed by atoms with Gasteiger partial charge in [0.25, 0.3) is 5.56 Å². The number of benzene rings is 1. The minimum Gasteiger partial charge on any atom is -0.496 e. The molecular weight excluding hydrogens is 276 g/mol. The van der Waals surface area contributed by atoms with Crippen LogP contribution in [0.1, 0.15) is 31.0 Å². The maximum atomic E-state index is 12.6. The Morgan fingerprint density at radius 3 is 2.55 bits per heavy atom. The average molecular weight is 296 g/mol. The minimum atomic E-state index is -0.0949. The van der Waals surface area contributed by atoms with E-state index < -0.39 is 0 Å². The number of hydrogen-bond donors (Lipinski definition) is 0. The number of aryl methyl sites for hydroxylation is 1. The number of nitriles is 1. The van der Waals surface area contributed by atoms with E-state index in [4.69, 9.17) is 10.00 Å². The summed E-state index contributed by atoms with van der Waals surface area (Å²) in [5, 5.41) is 8.84. The third kappa shape index (κ3) is 2.89. The van der Waals surface area contributed by atoms with E-state index in [9.17, 15) is 4.79 Å². The van der Waals surface area contributed by atoms with Crippen molar-refractivity contribution in [1.82, 2.24) is 4.57 Å². The van der Waals surface area contributed by atoms with Gasteiger partial charge in [-0.15, -0.1) is 0 Å². The van der Waals surface area contributed by atoms with Gasteiger partial charge in [-0.25, -0.2) is 0 Å². The summed E-state index contributed by atoms with van der Waals surface area (Å²) in [7, 11) is 1.64. The van der Waals surface area contributed by atoms with Crippen LogP contribution in [0.4, 0.5) is 0 Å². The van der Waals surface area contributed by atoms with Crippen molar-refractivity contribution in [3.63, 3.8) is 0 Å². The van der Waals surface area contributed by atoms with Crippen molar-refractivity contribution in [2.45, 2.75) is 33.2 Å². The molecule has 1 aromatic carbocycles. The highest BCUT2D eigenvalue weighted by molar-refractivity contribution is 5.63. The second-order valence-corrected chi connectivity index (χ2v) is 5.53. The molecule has 114 valence electrons. The van der Waals surface area contributed by atoms with Crippen LogP contribution in [0.15, 0.2) is 35.1 Å². The lowest BCUT2D eigenvalue weighted by Crippen LogP contribution is -2.26. The number of nitrogens with zero attached hydrogens (tertiary/aromatic N) is 2. The predicted molar refractivity (Wildman–Crippen MR) is 87.1 cm³/mol. The quantitative estimate of drug-likeness (QED) is 0.868. The lowest BCUT2D eigenvalue weighted by Gasteiger charge is -2.18. The standard InChI is InChI=1S/C18H20N2O2/c1-12(2)20-16(7-5-14(9-10-19)18(20)21)15-6-8-17(22-4)13(3)11-15/h5-8,11-12H,9H2,1-4H3. The van der Waals surface area contributed by atoms with Gasteiger partial charge in [-0.1, -0.05) is 6.07 Å².